The first kappa shape index (κ1) is 9.45. The van der Waals surface area contributed by atoms with E-state index in [0.717, 1.165) is 12.8 Å². The van der Waals surface area contributed by atoms with Gasteiger partial charge in [-0.05, 0) is 43.1 Å². The normalized spacial score (nSPS) is 29.5. The number of carboxylic acids is 1. The minimum atomic E-state index is -3.32. The van der Waals surface area contributed by atoms with Crippen molar-refractivity contribution in [3.05, 3.63) is 35.8 Å². The van der Waals surface area contributed by atoms with Crippen molar-refractivity contribution in [2.24, 2.45) is 17.8 Å². The van der Waals surface area contributed by atoms with Gasteiger partial charge in [-0.3, -0.25) is 4.79 Å². The summed E-state index contributed by atoms with van der Waals surface area (Å²) in [5, 5.41) is 11.6. The Bertz CT molecular complexity index is 854. The molecule has 1 fully saturated rings. The third-order valence-electron chi connectivity index (χ3n) is 4.30. The van der Waals surface area contributed by atoms with Crippen molar-refractivity contribution >= 4 is 11.9 Å². The highest BCUT2D eigenvalue weighted by Gasteiger charge is 2.30. The molecule has 4 nitrogen and oxygen atoms in total. The van der Waals surface area contributed by atoms with Gasteiger partial charge in [0, 0.05) is 15.0 Å². The molecular formula is C19H27NO3. The van der Waals surface area contributed by atoms with Crippen LogP contribution in [0.15, 0.2) is 30.2 Å². The van der Waals surface area contributed by atoms with Crippen molar-refractivity contribution in [2.75, 3.05) is 0 Å². The second kappa shape index (κ2) is 8.14. The molecule has 0 bridgehead atoms. The molecule has 0 radical (unpaired) electrons. The monoisotopic (exact) mass is 325 g/mol. The van der Waals surface area contributed by atoms with Crippen molar-refractivity contribution in [2.45, 2.75) is 51.9 Å². The van der Waals surface area contributed by atoms with Crippen LogP contribution in [0.2, 0.25) is 0 Å². The van der Waals surface area contributed by atoms with E-state index in [9.17, 15) is 14.7 Å². The van der Waals surface area contributed by atoms with E-state index in [0.29, 0.717) is 24.7 Å². The molecule has 23 heavy (non-hydrogen) atoms. The van der Waals surface area contributed by atoms with Crippen LogP contribution in [0.1, 0.15) is 56.1 Å². The molecule has 1 saturated carbocycles. The van der Waals surface area contributed by atoms with Crippen LogP contribution in [0.5, 0.6) is 0 Å². The molecule has 1 amide bonds. The highest BCUT2D eigenvalue weighted by atomic mass is 16.4. The summed E-state index contributed by atoms with van der Waals surface area (Å²) in [4.78, 5) is 24.7. The van der Waals surface area contributed by atoms with E-state index in [4.69, 9.17) is 11.0 Å². The van der Waals surface area contributed by atoms with Crippen molar-refractivity contribution in [3.8, 4) is 0 Å². The van der Waals surface area contributed by atoms with E-state index in [1.807, 2.05) is 5.32 Å². The fraction of sp³-hybridized carbons (Fsp3) is 0.579. The van der Waals surface area contributed by atoms with Gasteiger partial charge in [0.15, 0.2) is 0 Å². The largest absolute Gasteiger partial charge is 0.480 e. The van der Waals surface area contributed by atoms with Crippen LogP contribution in [0.25, 0.3) is 0 Å². The Labute approximate surface area is 149 Å². The molecule has 1 aliphatic carbocycles. The SMILES string of the molecule is [2H]c1c([2H])c([2H])c(C([2H])([2H])C([2H])(NC(=O)[C@H]2CC[C@H](C(C)C)CC2)C(=O)O)c([2H])c1[2H]. The lowest BCUT2D eigenvalue weighted by Gasteiger charge is -2.30. The fourth-order valence-electron chi connectivity index (χ4n) is 2.85. The lowest BCUT2D eigenvalue weighted by Crippen LogP contribution is -2.45. The fourth-order valence-corrected chi connectivity index (χ4v) is 2.85. The third-order valence-corrected chi connectivity index (χ3v) is 4.30. The zero-order valence-corrected chi connectivity index (χ0v) is 13.3. The number of hydrogen-bond donors (Lipinski definition) is 2. The van der Waals surface area contributed by atoms with Crippen molar-refractivity contribution in [3.63, 3.8) is 0 Å². The summed E-state index contributed by atoms with van der Waals surface area (Å²) < 4.78 is 63.9. The zero-order valence-electron chi connectivity index (χ0n) is 21.3. The Morgan fingerprint density at radius 3 is 2.43 bits per heavy atom. The van der Waals surface area contributed by atoms with Crippen LogP contribution in [-0.4, -0.2) is 23.0 Å². The second-order valence-electron chi connectivity index (χ2n) is 6.15. The highest BCUT2D eigenvalue weighted by Crippen LogP contribution is 2.33. The summed E-state index contributed by atoms with van der Waals surface area (Å²) in [5.41, 5.74) is -0.986. The van der Waals surface area contributed by atoms with Gasteiger partial charge in [-0.25, -0.2) is 4.79 Å². The molecule has 1 aliphatic rings. The number of amides is 1. The van der Waals surface area contributed by atoms with E-state index in [1.165, 1.54) is 0 Å². The highest BCUT2D eigenvalue weighted by molar-refractivity contribution is 5.85. The van der Waals surface area contributed by atoms with E-state index < -0.39 is 66.0 Å². The van der Waals surface area contributed by atoms with Crippen LogP contribution in [0.4, 0.5) is 0 Å². The molecule has 0 aliphatic heterocycles. The van der Waals surface area contributed by atoms with Gasteiger partial charge in [-0.15, -0.1) is 0 Å². The van der Waals surface area contributed by atoms with Crippen LogP contribution in [0, 0.1) is 17.8 Å². The molecule has 0 saturated heterocycles. The Morgan fingerprint density at radius 1 is 1.30 bits per heavy atom. The van der Waals surface area contributed by atoms with E-state index in [2.05, 4.69) is 13.8 Å². The lowest BCUT2D eigenvalue weighted by molar-refractivity contribution is -0.142. The Morgan fingerprint density at radius 2 is 1.91 bits per heavy atom. The molecule has 1 atom stereocenters. The number of carboxylic acid groups (broad SMARTS) is 1. The van der Waals surface area contributed by atoms with E-state index in [1.54, 1.807) is 0 Å². The predicted octanol–water partition coefficient (Wildman–Crippen LogP) is 3.26. The van der Waals surface area contributed by atoms with Crippen LogP contribution < -0.4 is 5.32 Å². The zero-order chi connectivity index (χ0) is 23.9. The summed E-state index contributed by atoms with van der Waals surface area (Å²) in [7, 11) is 0. The van der Waals surface area contributed by atoms with Gasteiger partial charge in [0.1, 0.15) is 6.02 Å². The smallest absolute Gasteiger partial charge is 0.326 e. The van der Waals surface area contributed by atoms with Crippen LogP contribution >= 0.6 is 0 Å². The lowest BCUT2D eigenvalue weighted by atomic mass is 9.76. The molecule has 2 rings (SSSR count). The van der Waals surface area contributed by atoms with E-state index in [-0.39, 0.29) is 0 Å². The number of carbonyl (C=O) groups excluding carboxylic acids is 1. The number of benzene rings is 1. The average Bonchev–Trinajstić information content (AvgIpc) is 2.70. The Kier molecular flexibility index (Phi) is 3.34. The summed E-state index contributed by atoms with van der Waals surface area (Å²) in [6.07, 6.45) is -0.866. The van der Waals surface area contributed by atoms with Gasteiger partial charge >= 0.3 is 5.97 Å². The van der Waals surface area contributed by atoms with Gasteiger partial charge in [-0.2, -0.15) is 0 Å². The van der Waals surface area contributed by atoms with Gasteiger partial charge in [-0.1, -0.05) is 44.1 Å². The van der Waals surface area contributed by atoms with Crippen LogP contribution in [0.3, 0.4) is 0 Å². The maximum absolute atomic E-state index is 12.8. The maximum atomic E-state index is 12.8. The Balaban J connectivity index is 2.43. The maximum Gasteiger partial charge on any atom is 0.326 e. The third kappa shape index (κ3) is 5.08. The summed E-state index contributed by atoms with van der Waals surface area (Å²) in [5.74, 6) is -2.54. The number of hydrogen-bond acceptors (Lipinski definition) is 2. The van der Waals surface area contributed by atoms with E-state index >= 15 is 0 Å². The number of rotatable bonds is 6. The minimum absolute atomic E-state index is 0.432. The number of carbonyl (C=O) groups is 2. The molecule has 1 aromatic carbocycles. The van der Waals surface area contributed by atoms with Gasteiger partial charge in [0.2, 0.25) is 5.91 Å². The van der Waals surface area contributed by atoms with Gasteiger partial charge < -0.3 is 10.4 Å². The number of nitrogens with one attached hydrogen (secondary N) is 1. The molecular weight excluding hydrogens is 290 g/mol. The average molecular weight is 325 g/mol. The molecule has 1 unspecified atom stereocenters. The number of aliphatic carboxylic acids is 1. The van der Waals surface area contributed by atoms with Crippen molar-refractivity contribution < 1.29 is 25.7 Å². The molecule has 126 valence electrons. The standard InChI is InChI=1S/C19H27NO3/c1-13(2)15-8-10-16(11-9-15)18(21)20-17(19(22)23)12-14-6-4-3-5-7-14/h3-7,13,15-17H,8-12H2,1-2H3,(H,20,21)(H,22,23)/t15-,16-,17?/i3D,4D,5D,6D,7D,12D2,17D. The first-order valence-corrected chi connectivity index (χ1v) is 7.79. The first-order valence-electron chi connectivity index (χ1n) is 11.8. The minimum Gasteiger partial charge on any atom is -0.480 e. The molecule has 0 aromatic heterocycles. The topological polar surface area (TPSA) is 66.4 Å². The summed E-state index contributed by atoms with van der Waals surface area (Å²) in [6, 6.07) is -7.70. The predicted molar refractivity (Wildman–Crippen MR) is 90.0 cm³/mol. The summed E-state index contributed by atoms with van der Waals surface area (Å²) in [6.45, 7) is 4.16. The second-order valence-corrected chi connectivity index (χ2v) is 6.15. The molecule has 0 heterocycles. The Hall–Kier alpha value is -1.84. The first-order chi connectivity index (χ1) is 14.2. The van der Waals surface area contributed by atoms with Gasteiger partial charge in [0.05, 0.1) is 8.22 Å². The molecule has 2 N–H and O–H groups in total. The van der Waals surface area contributed by atoms with Crippen LogP contribution in [-0.2, 0) is 16.0 Å². The van der Waals surface area contributed by atoms with Crippen molar-refractivity contribution in [1.29, 1.82) is 0 Å². The van der Waals surface area contributed by atoms with Gasteiger partial charge in [0.25, 0.3) is 0 Å². The summed E-state index contributed by atoms with van der Waals surface area (Å²) >= 11 is 0. The molecule has 0 spiro atoms. The molecule has 4 heteroatoms. The molecule has 1 aromatic rings. The van der Waals surface area contributed by atoms with Crippen molar-refractivity contribution in [1.82, 2.24) is 5.32 Å². The quantitative estimate of drug-likeness (QED) is 0.843.